The van der Waals surface area contributed by atoms with Crippen molar-refractivity contribution in [2.24, 2.45) is 7.05 Å². The normalized spacial score (nSPS) is 10.3. The van der Waals surface area contributed by atoms with Gasteiger partial charge in [-0.3, -0.25) is 0 Å². The summed E-state index contributed by atoms with van der Waals surface area (Å²) in [4.78, 5) is 4.06. The van der Waals surface area contributed by atoms with Crippen LogP contribution in [0.3, 0.4) is 0 Å². The zero-order valence-electron chi connectivity index (χ0n) is 8.04. The molecule has 0 aliphatic rings. The molecule has 0 bridgehead atoms. The van der Waals surface area contributed by atoms with Crippen LogP contribution in [0, 0.1) is 5.82 Å². The number of hydrogen-bond donors (Lipinski definition) is 1. The van der Waals surface area contributed by atoms with Crippen LogP contribution in [0.5, 0.6) is 0 Å². The van der Waals surface area contributed by atoms with E-state index in [9.17, 15) is 4.39 Å². The molecule has 3 nitrogen and oxygen atoms in total. The first-order valence-corrected chi connectivity index (χ1v) is 4.74. The van der Waals surface area contributed by atoms with Gasteiger partial charge in [0.2, 0.25) is 5.95 Å². The van der Waals surface area contributed by atoms with E-state index in [4.69, 9.17) is 11.6 Å². The first-order valence-electron chi connectivity index (χ1n) is 4.36. The van der Waals surface area contributed by atoms with E-state index >= 15 is 0 Å². The van der Waals surface area contributed by atoms with E-state index in [1.165, 1.54) is 12.1 Å². The Bertz CT molecular complexity index is 481. The van der Waals surface area contributed by atoms with Crippen LogP contribution in [0.1, 0.15) is 0 Å². The summed E-state index contributed by atoms with van der Waals surface area (Å²) in [7, 11) is 1.85. The molecule has 15 heavy (non-hydrogen) atoms. The van der Waals surface area contributed by atoms with Crippen molar-refractivity contribution in [3.8, 4) is 0 Å². The Morgan fingerprint density at radius 2 is 2.27 bits per heavy atom. The van der Waals surface area contributed by atoms with Gasteiger partial charge >= 0.3 is 0 Å². The maximum absolute atomic E-state index is 13.1. The van der Waals surface area contributed by atoms with E-state index in [1.807, 2.05) is 7.05 Å². The Kier molecular flexibility index (Phi) is 2.60. The Morgan fingerprint density at radius 1 is 1.47 bits per heavy atom. The molecule has 0 saturated carbocycles. The fraction of sp³-hybridized carbons (Fsp3) is 0.100. The van der Waals surface area contributed by atoms with Crippen molar-refractivity contribution in [1.29, 1.82) is 0 Å². The minimum absolute atomic E-state index is 0.111. The highest BCUT2D eigenvalue weighted by molar-refractivity contribution is 6.30. The van der Waals surface area contributed by atoms with Gasteiger partial charge in [0.15, 0.2) is 0 Å². The first kappa shape index (κ1) is 9.98. The van der Waals surface area contributed by atoms with E-state index in [-0.39, 0.29) is 5.02 Å². The fourth-order valence-corrected chi connectivity index (χ4v) is 1.31. The molecule has 1 aromatic heterocycles. The molecular weight excluding hydrogens is 217 g/mol. The van der Waals surface area contributed by atoms with Gasteiger partial charge < -0.3 is 9.88 Å². The average Bonchev–Trinajstić information content (AvgIpc) is 2.59. The molecule has 1 N–H and O–H groups in total. The first-order chi connectivity index (χ1) is 7.16. The maximum atomic E-state index is 13.1. The average molecular weight is 226 g/mol. The smallest absolute Gasteiger partial charge is 0.207 e. The Labute approximate surface area is 91.5 Å². The molecule has 0 unspecified atom stereocenters. The highest BCUT2D eigenvalue weighted by Gasteiger charge is 2.03. The molecule has 0 fully saturated rings. The molecule has 0 radical (unpaired) electrons. The molecule has 0 aliphatic heterocycles. The van der Waals surface area contributed by atoms with Crippen LogP contribution in [0.25, 0.3) is 0 Å². The highest BCUT2D eigenvalue weighted by Crippen LogP contribution is 2.20. The molecule has 0 aliphatic carbocycles. The summed E-state index contributed by atoms with van der Waals surface area (Å²) < 4.78 is 14.9. The quantitative estimate of drug-likeness (QED) is 0.852. The summed E-state index contributed by atoms with van der Waals surface area (Å²) in [5.41, 5.74) is 0.617. The number of aromatic nitrogens is 2. The van der Waals surface area contributed by atoms with Crippen LogP contribution < -0.4 is 5.32 Å². The number of benzene rings is 1. The standard InChI is InChI=1S/C10H9ClFN3/c1-15-5-4-13-10(15)14-7-2-3-8(11)9(12)6-7/h2-6H,1H3,(H,13,14). The molecular formula is C10H9ClFN3. The number of rotatable bonds is 2. The van der Waals surface area contributed by atoms with Crippen molar-refractivity contribution < 1.29 is 4.39 Å². The number of anilines is 2. The van der Waals surface area contributed by atoms with Crippen molar-refractivity contribution in [2.45, 2.75) is 0 Å². The summed E-state index contributed by atoms with van der Waals surface area (Å²) in [5.74, 6) is 0.201. The largest absolute Gasteiger partial charge is 0.326 e. The summed E-state index contributed by atoms with van der Waals surface area (Å²) in [6.45, 7) is 0. The highest BCUT2D eigenvalue weighted by atomic mass is 35.5. The third kappa shape index (κ3) is 2.10. The predicted molar refractivity (Wildman–Crippen MR) is 57.9 cm³/mol. The summed E-state index contributed by atoms with van der Waals surface area (Å²) in [6.07, 6.45) is 3.46. The van der Waals surface area contributed by atoms with Crippen molar-refractivity contribution >= 4 is 23.2 Å². The van der Waals surface area contributed by atoms with E-state index in [1.54, 1.807) is 23.0 Å². The zero-order chi connectivity index (χ0) is 10.8. The van der Waals surface area contributed by atoms with Gasteiger partial charge in [0, 0.05) is 25.1 Å². The number of imidazole rings is 1. The molecule has 0 spiro atoms. The molecule has 0 amide bonds. The monoisotopic (exact) mass is 225 g/mol. The van der Waals surface area contributed by atoms with Gasteiger partial charge in [-0.15, -0.1) is 0 Å². The molecule has 2 rings (SSSR count). The van der Waals surface area contributed by atoms with E-state index in [0.717, 1.165) is 0 Å². The van der Waals surface area contributed by atoms with Gasteiger partial charge in [0.1, 0.15) is 5.82 Å². The van der Waals surface area contributed by atoms with Crippen molar-refractivity contribution in [2.75, 3.05) is 5.32 Å². The van der Waals surface area contributed by atoms with Gasteiger partial charge in [-0.2, -0.15) is 0 Å². The van der Waals surface area contributed by atoms with Gasteiger partial charge in [0.05, 0.1) is 5.02 Å². The fourth-order valence-electron chi connectivity index (χ4n) is 1.19. The van der Waals surface area contributed by atoms with E-state index < -0.39 is 5.82 Å². The van der Waals surface area contributed by atoms with Gasteiger partial charge in [-0.05, 0) is 18.2 Å². The lowest BCUT2D eigenvalue weighted by Crippen LogP contribution is -1.98. The second-order valence-electron chi connectivity index (χ2n) is 3.12. The number of halogens is 2. The molecule has 0 atom stereocenters. The Hall–Kier alpha value is -1.55. The predicted octanol–water partition coefficient (Wildman–Crippen LogP) is 2.96. The lowest BCUT2D eigenvalue weighted by atomic mass is 10.3. The molecule has 1 heterocycles. The van der Waals surface area contributed by atoms with Gasteiger partial charge in [-0.25, -0.2) is 9.37 Å². The van der Waals surface area contributed by atoms with Crippen LogP contribution in [0.2, 0.25) is 5.02 Å². The Balaban J connectivity index is 2.25. The number of hydrogen-bond acceptors (Lipinski definition) is 2. The van der Waals surface area contributed by atoms with Crippen LogP contribution in [0.15, 0.2) is 30.6 Å². The Morgan fingerprint density at radius 3 is 2.87 bits per heavy atom. The topological polar surface area (TPSA) is 29.9 Å². The van der Waals surface area contributed by atoms with Crippen molar-refractivity contribution in [3.05, 3.63) is 41.4 Å². The molecule has 0 saturated heterocycles. The molecule has 2 aromatic rings. The lowest BCUT2D eigenvalue weighted by molar-refractivity contribution is 0.629. The lowest BCUT2D eigenvalue weighted by Gasteiger charge is -2.06. The molecule has 5 heteroatoms. The summed E-state index contributed by atoms with van der Waals surface area (Å²) in [6, 6.07) is 4.53. The minimum atomic E-state index is -0.448. The third-order valence-corrected chi connectivity index (χ3v) is 2.30. The number of aryl methyl sites for hydroxylation is 1. The second-order valence-corrected chi connectivity index (χ2v) is 3.52. The van der Waals surface area contributed by atoms with Crippen LogP contribution >= 0.6 is 11.6 Å². The number of nitrogens with zero attached hydrogens (tertiary/aromatic N) is 2. The van der Waals surface area contributed by atoms with E-state index in [2.05, 4.69) is 10.3 Å². The molecule has 1 aromatic carbocycles. The molecule has 78 valence electrons. The number of nitrogens with one attached hydrogen (secondary N) is 1. The maximum Gasteiger partial charge on any atom is 0.207 e. The van der Waals surface area contributed by atoms with Crippen LogP contribution in [-0.2, 0) is 7.05 Å². The summed E-state index contributed by atoms with van der Waals surface area (Å²) >= 11 is 5.57. The SMILES string of the molecule is Cn1ccnc1Nc1ccc(Cl)c(F)c1. The minimum Gasteiger partial charge on any atom is -0.326 e. The van der Waals surface area contributed by atoms with E-state index in [0.29, 0.717) is 11.6 Å². The van der Waals surface area contributed by atoms with Gasteiger partial charge in [0.25, 0.3) is 0 Å². The van der Waals surface area contributed by atoms with Crippen molar-refractivity contribution in [3.63, 3.8) is 0 Å². The third-order valence-electron chi connectivity index (χ3n) is 2.00. The summed E-state index contributed by atoms with van der Waals surface area (Å²) in [5, 5.41) is 3.08. The van der Waals surface area contributed by atoms with Gasteiger partial charge in [-0.1, -0.05) is 11.6 Å². The second kappa shape index (κ2) is 3.90. The van der Waals surface area contributed by atoms with Crippen LogP contribution in [0.4, 0.5) is 16.0 Å². The van der Waals surface area contributed by atoms with Crippen molar-refractivity contribution in [1.82, 2.24) is 9.55 Å². The van der Waals surface area contributed by atoms with Crippen LogP contribution in [-0.4, -0.2) is 9.55 Å². The zero-order valence-corrected chi connectivity index (χ0v) is 8.79.